The van der Waals surface area contributed by atoms with Crippen molar-refractivity contribution in [1.82, 2.24) is 20.6 Å². The number of H-pyrrole nitrogens is 1. The lowest BCUT2D eigenvalue weighted by molar-refractivity contribution is 0.0527. The number of alkyl carbamates (subject to hydrolysis) is 1. The number of anilines is 1. The van der Waals surface area contributed by atoms with Gasteiger partial charge in [0, 0.05) is 24.8 Å². The first-order valence-electron chi connectivity index (χ1n) is 15.3. The SMILES string of the molecule is CCCCCCCOC(=O)OCCCCCCOC(=O)NCCC(C)(C)CC(C)CNC(=O)Nc1nc(C)cc(=O)[nH]1. The molecule has 240 valence electrons. The van der Waals surface area contributed by atoms with Gasteiger partial charge in [0.25, 0.3) is 5.56 Å². The van der Waals surface area contributed by atoms with Gasteiger partial charge in [0.05, 0.1) is 19.8 Å². The van der Waals surface area contributed by atoms with Crippen molar-refractivity contribution >= 4 is 24.2 Å². The predicted molar refractivity (Wildman–Crippen MR) is 163 cm³/mol. The molecule has 0 spiro atoms. The summed E-state index contributed by atoms with van der Waals surface area (Å²) in [7, 11) is 0. The molecule has 12 nitrogen and oxygen atoms in total. The number of rotatable bonds is 21. The van der Waals surface area contributed by atoms with Crippen LogP contribution < -0.4 is 21.5 Å². The topological polar surface area (TPSA) is 161 Å². The number of carbonyl (C=O) groups is 3. The summed E-state index contributed by atoms with van der Waals surface area (Å²) in [4.78, 5) is 53.7. The van der Waals surface area contributed by atoms with Crippen LogP contribution in [-0.2, 0) is 14.2 Å². The van der Waals surface area contributed by atoms with E-state index in [0.717, 1.165) is 51.4 Å². The average molecular weight is 596 g/mol. The monoisotopic (exact) mass is 595 g/mol. The number of aromatic nitrogens is 2. The van der Waals surface area contributed by atoms with E-state index in [1.807, 2.05) is 6.92 Å². The van der Waals surface area contributed by atoms with E-state index in [9.17, 15) is 19.2 Å². The molecule has 0 aromatic carbocycles. The van der Waals surface area contributed by atoms with E-state index >= 15 is 0 Å². The minimum absolute atomic E-state index is 0.0582. The minimum Gasteiger partial charge on any atom is -0.450 e. The fraction of sp³-hybridized carbons (Fsp3) is 0.767. The molecule has 1 atom stereocenters. The summed E-state index contributed by atoms with van der Waals surface area (Å²) in [5.74, 6) is 0.300. The number of aromatic amines is 1. The van der Waals surface area contributed by atoms with Crippen LogP contribution in [0.25, 0.3) is 0 Å². The van der Waals surface area contributed by atoms with E-state index in [2.05, 4.69) is 46.7 Å². The van der Waals surface area contributed by atoms with Gasteiger partial charge in [-0.3, -0.25) is 15.1 Å². The third-order valence-electron chi connectivity index (χ3n) is 6.64. The van der Waals surface area contributed by atoms with Gasteiger partial charge < -0.3 is 24.8 Å². The van der Waals surface area contributed by atoms with Gasteiger partial charge in [-0.05, 0) is 63.2 Å². The van der Waals surface area contributed by atoms with Crippen molar-refractivity contribution in [3.8, 4) is 0 Å². The number of urea groups is 1. The molecule has 0 radical (unpaired) electrons. The molecular weight excluding hydrogens is 542 g/mol. The van der Waals surface area contributed by atoms with Crippen LogP contribution in [0.2, 0.25) is 0 Å². The Morgan fingerprint density at radius 3 is 2.12 bits per heavy atom. The fourth-order valence-corrected chi connectivity index (χ4v) is 4.51. The van der Waals surface area contributed by atoms with Crippen LogP contribution in [0.4, 0.5) is 20.3 Å². The molecule has 1 aromatic rings. The van der Waals surface area contributed by atoms with Crippen molar-refractivity contribution in [3.05, 3.63) is 22.1 Å². The molecular formula is C30H53N5O7. The maximum atomic E-state index is 12.1. The van der Waals surface area contributed by atoms with Crippen molar-refractivity contribution in [1.29, 1.82) is 0 Å². The highest BCUT2D eigenvalue weighted by atomic mass is 16.7. The quantitative estimate of drug-likeness (QED) is 0.0986. The molecule has 0 aliphatic carbocycles. The van der Waals surface area contributed by atoms with Crippen LogP contribution in [-0.4, -0.2) is 61.2 Å². The Labute approximate surface area is 250 Å². The Balaban J connectivity index is 2.04. The van der Waals surface area contributed by atoms with Crippen LogP contribution in [0.5, 0.6) is 0 Å². The largest absolute Gasteiger partial charge is 0.508 e. The van der Waals surface area contributed by atoms with Gasteiger partial charge in [0.15, 0.2) is 0 Å². The molecule has 0 saturated carbocycles. The Morgan fingerprint density at radius 2 is 1.52 bits per heavy atom. The van der Waals surface area contributed by atoms with Crippen molar-refractivity contribution in [3.63, 3.8) is 0 Å². The summed E-state index contributed by atoms with van der Waals surface area (Å²) in [5, 5.41) is 8.14. The zero-order valence-electron chi connectivity index (χ0n) is 26.3. The third kappa shape index (κ3) is 19.7. The van der Waals surface area contributed by atoms with Crippen molar-refractivity contribution in [2.75, 3.05) is 38.2 Å². The lowest BCUT2D eigenvalue weighted by atomic mass is 9.80. The standard InChI is InChI=1S/C30H53N5O7/c1-6-7-8-9-13-18-41-29(39)42-19-14-11-10-12-17-40-28(38)31-16-15-30(4,5)21-23(2)22-32-27(37)35-26-33-24(3)20-25(36)34-26/h20,23H,6-19,21-22H2,1-5H3,(H,31,38)(H3,32,33,34,35,36,37). The number of amides is 3. The van der Waals surface area contributed by atoms with Crippen LogP contribution in [0, 0.1) is 18.3 Å². The number of aryl methyl sites for hydroxylation is 1. The van der Waals surface area contributed by atoms with E-state index in [0.29, 0.717) is 38.6 Å². The van der Waals surface area contributed by atoms with Gasteiger partial charge in [-0.2, -0.15) is 0 Å². The second-order valence-electron chi connectivity index (χ2n) is 11.6. The molecule has 1 heterocycles. The van der Waals surface area contributed by atoms with Crippen LogP contribution in [0.3, 0.4) is 0 Å². The number of hydrogen-bond donors (Lipinski definition) is 4. The Hall–Kier alpha value is -3.31. The zero-order valence-corrected chi connectivity index (χ0v) is 26.3. The van der Waals surface area contributed by atoms with Gasteiger partial charge in [-0.15, -0.1) is 0 Å². The summed E-state index contributed by atoms with van der Waals surface area (Å²) >= 11 is 0. The number of unbranched alkanes of at least 4 members (excludes halogenated alkanes) is 7. The normalized spacial score (nSPS) is 11.8. The first-order chi connectivity index (χ1) is 20.0. The minimum atomic E-state index is -0.599. The van der Waals surface area contributed by atoms with Gasteiger partial charge in [0.1, 0.15) is 0 Å². The van der Waals surface area contributed by atoms with E-state index in [1.54, 1.807) is 6.92 Å². The average Bonchev–Trinajstić information content (AvgIpc) is 2.90. The van der Waals surface area contributed by atoms with Crippen LogP contribution in [0.15, 0.2) is 10.9 Å². The van der Waals surface area contributed by atoms with E-state index < -0.39 is 18.3 Å². The summed E-state index contributed by atoms with van der Waals surface area (Å²) in [6, 6.07) is 0.913. The molecule has 3 amide bonds. The maximum Gasteiger partial charge on any atom is 0.508 e. The number of ether oxygens (including phenoxy) is 3. The molecule has 12 heteroatoms. The van der Waals surface area contributed by atoms with E-state index in [1.165, 1.54) is 25.3 Å². The number of hydrogen-bond acceptors (Lipinski definition) is 8. The van der Waals surface area contributed by atoms with Crippen molar-refractivity contribution in [2.45, 2.75) is 105 Å². The molecule has 0 saturated heterocycles. The molecule has 0 fully saturated rings. The highest BCUT2D eigenvalue weighted by Gasteiger charge is 2.22. The van der Waals surface area contributed by atoms with Gasteiger partial charge in [-0.1, -0.05) is 53.4 Å². The molecule has 0 aliphatic heterocycles. The molecule has 0 aliphatic rings. The van der Waals surface area contributed by atoms with Gasteiger partial charge in [0.2, 0.25) is 5.95 Å². The lowest BCUT2D eigenvalue weighted by Crippen LogP contribution is -2.35. The fourth-order valence-electron chi connectivity index (χ4n) is 4.51. The van der Waals surface area contributed by atoms with Crippen molar-refractivity contribution < 1.29 is 28.6 Å². The summed E-state index contributed by atoms with van der Waals surface area (Å²) in [6.45, 7) is 12.2. The van der Waals surface area contributed by atoms with Crippen molar-refractivity contribution in [2.24, 2.45) is 11.3 Å². The Kier molecular flexibility index (Phi) is 18.7. The first kappa shape index (κ1) is 36.7. The first-order valence-corrected chi connectivity index (χ1v) is 15.3. The molecule has 1 unspecified atom stereocenters. The van der Waals surface area contributed by atoms with Gasteiger partial charge >= 0.3 is 18.3 Å². The maximum absolute atomic E-state index is 12.1. The third-order valence-corrected chi connectivity index (χ3v) is 6.64. The number of carbonyl (C=O) groups excluding carboxylic acids is 3. The van der Waals surface area contributed by atoms with Crippen LogP contribution >= 0.6 is 0 Å². The van der Waals surface area contributed by atoms with E-state index in [-0.39, 0.29) is 22.8 Å². The second kappa shape index (κ2) is 21.4. The summed E-state index contributed by atoms with van der Waals surface area (Å²) in [6.07, 6.45) is 9.32. The summed E-state index contributed by atoms with van der Waals surface area (Å²) in [5.41, 5.74) is 0.131. The molecule has 42 heavy (non-hydrogen) atoms. The zero-order chi connectivity index (χ0) is 31.2. The highest BCUT2D eigenvalue weighted by molar-refractivity contribution is 5.87. The predicted octanol–water partition coefficient (Wildman–Crippen LogP) is 6.05. The second-order valence-corrected chi connectivity index (χ2v) is 11.6. The smallest absolute Gasteiger partial charge is 0.450 e. The molecule has 1 rings (SSSR count). The Morgan fingerprint density at radius 1 is 0.929 bits per heavy atom. The lowest BCUT2D eigenvalue weighted by Gasteiger charge is -2.28. The molecule has 0 bridgehead atoms. The van der Waals surface area contributed by atoms with Crippen LogP contribution in [0.1, 0.15) is 104 Å². The van der Waals surface area contributed by atoms with Gasteiger partial charge in [-0.25, -0.2) is 19.4 Å². The molecule has 4 N–H and O–H groups in total. The number of nitrogens with zero attached hydrogens (tertiary/aromatic N) is 1. The highest BCUT2D eigenvalue weighted by Crippen LogP contribution is 2.28. The summed E-state index contributed by atoms with van der Waals surface area (Å²) < 4.78 is 15.4. The number of nitrogens with one attached hydrogen (secondary N) is 4. The molecule has 1 aromatic heterocycles. The Bertz CT molecular complexity index is 983. The van der Waals surface area contributed by atoms with E-state index in [4.69, 9.17) is 14.2 Å².